The molecule has 1 N–H and O–H groups in total. The van der Waals surface area contributed by atoms with Gasteiger partial charge in [0.15, 0.2) is 0 Å². The molecule has 23 heavy (non-hydrogen) atoms. The van der Waals surface area contributed by atoms with Crippen LogP contribution in [0.4, 0.5) is 11.6 Å². The highest BCUT2D eigenvalue weighted by Crippen LogP contribution is 2.25. The fraction of sp³-hybridized carbons (Fsp3) is 0.706. The Bertz CT molecular complexity index is 498. The summed E-state index contributed by atoms with van der Waals surface area (Å²) in [5.41, 5.74) is 0. The molecule has 1 fully saturated rings. The predicted octanol–water partition coefficient (Wildman–Crippen LogP) is 2.38. The quantitative estimate of drug-likeness (QED) is 0.836. The molecule has 0 aromatic carbocycles. The summed E-state index contributed by atoms with van der Waals surface area (Å²) in [6.45, 7) is 5.08. The number of hydrogen-bond donors (Lipinski definition) is 1. The molecule has 2 rings (SSSR count). The third-order valence-corrected chi connectivity index (χ3v) is 4.41. The van der Waals surface area contributed by atoms with Gasteiger partial charge in [0, 0.05) is 46.2 Å². The van der Waals surface area contributed by atoms with E-state index in [0.717, 1.165) is 57.0 Å². The van der Waals surface area contributed by atoms with E-state index < -0.39 is 0 Å². The van der Waals surface area contributed by atoms with Gasteiger partial charge in [-0.1, -0.05) is 6.92 Å². The van der Waals surface area contributed by atoms with Gasteiger partial charge in [-0.25, -0.2) is 9.97 Å². The third-order valence-electron chi connectivity index (χ3n) is 4.41. The molecule has 1 aliphatic rings. The number of nitrogens with one attached hydrogen (secondary N) is 1. The molecular formula is C17H29N5O. The van der Waals surface area contributed by atoms with Crippen LogP contribution >= 0.6 is 0 Å². The van der Waals surface area contributed by atoms with Gasteiger partial charge in [-0.05, 0) is 31.6 Å². The Kier molecular flexibility index (Phi) is 6.62. The molecule has 6 nitrogen and oxygen atoms in total. The van der Waals surface area contributed by atoms with Gasteiger partial charge in [0.2, 0.25) is 5.91 Å². The van der Waals surface area contributed by atoms with Gasteiger partial charge in [-0.15, -0.1) is 0 Å². The number of carbonyl (C=O) groups is 1. The molecule has 1 saturated heterocycles. The zero-order valence-electron chi connectivity index (χ0n) is 14.6. The molecule has 0 saturated carbocycles. The summed E-state index contributed by atoms with van der Waals surface area (Å²) in [6.07, 6.45) is 6.63. The molecule has 1 aliphatic heterocycles. The van der Waals surface area contributed by atoms with E-state index >= 15 is 0 Å². The molecule has 0 radical (unpaired) electrons. The Labute approximate surface area is 139 Å². The Hall–Kier alpha value is -1.85. The van der Waals surface area contributed by atoms with E-state index in [1.165, 1.54) is 0 Å². The van der Waals surface area contributed by atoms with E-state index in [9.17, 15) is 4.79 Å². The van der Waals surface area contributed by atoms with Crippen LogP contribution in [0.15, 0.2) is 12.4 Å². The van der Waals surface area contributed by atoms with Crippen LogP contribution in [-0.2, 0) is 4.79 Å². The minimum Gasteiger partial charge on any atom is -0.370 e. The summed E-state index contributed by atoms with van der Waals surface area (Å²) in [5.74, 6) is 2.78. The molecule has 128 valence electrons. The lowest BCUT2D eigenvalue weighted by Gasteiger charge is -2.33. The summed E-state index contributed by atoms with van der Waals surface area (Å²) in [4.78, 5) is 24.4. The minimum atomic E-state index is 0.231. The van der Waals surface area contributed by atoms with Crippen molar-refractivity contribution in [1.29, 1.82) is 0 Å². The number of aromatic nitrogens is 2. The summed E-state index contributed by atoms with van der Waals surface area (Å²) >= 11 is 0. The first kappa shape index (κ1) is 17.5. The highest BCUT2D eigenvalue weighted by molar-refractivity contribution is 5.75. The van der Waals surface area contributed by atoms with Crippen LogP contribution < -0.4 is 10.2 Å². The van der Waals surface area contributed by atoms with Gasteiger partial charge in [0.05, 0.1) is 0 Å². The summed E-state index contributed by atoms with van der Waals surface area (Å²) < 4.78 is 0. The first-order valence-corrected chi connectivity index (χ1v) is 8.61. The molecule has 0 aliphatic carbocycles. The SMILES string of the molecule is CCCNc1cc(N2CCC(CCC(=O)N(C)C)CC2)ncn1. The zero-order chi connectivity index (χ0) is 16.7. The second-order valence-electron chi connectivity index (χ2n) is 6.45. The third kappa shape index (κ3) is 5.37. The molecule has 0 bridgehead atoms. The lowest BCUT2D eigenvalue weighted by molar-refractivity contribution is -0.129. The van der Waals surface area contributed by atoms with Crippen LogP contribution in [0.5, 0.6) is 0 Å². The fourth-order valence-corrected chi connectivity index (χ4v) is 2.87. The topological polar surface area (TPSA) is 61.4 Å². The van der Waals surface area contributed by atoms with Crippen molar-refractivity contribution in [2.24, 2.45) is 5.92 Å². The van der Waals surface area contributed by atoms with Crippen LogP contribution in [0.3, 0.4) is 0 Å². The van der Waals surface area contributed by atoms with Gasteiger partial charge in [0.1, 0.15) is 18.0 Å². The second-order valence-corrected chi connectivity index (χ2v) is 6.45. The van der Waals surface area contributed by atoms with Gasteiger partial charge in [-0.3, -0.25) is 4.79 Å². The minimum absolute atomic E-state index is 0.231. The molecular weight excluding hydrogens is 290 g/mol. The number of hydrogen-bond acceptors (Lipinski definition) is 5. The maximum Gasteiger partial charge on any atom is 0.222 e. The number of nitrogens with zero attached hydrogens (tertiary/aromatic N) is 4. The number of amides is 1. The summed E-state index contributed by atoms with van der Waals surface area (Å²) in [5, 5.41) is 3.31. The predicted molar refractivity (Wildman–Crippen MR) is 93.7 cm³/mol. The maximum absolute atomic E-state index is 11.7. The van der Waals surface area contributed by atoms with Crippen molar-refractivity contribution in [3.63, 3.8) is 0 Å². The van der Waals surface area contributed by atoms with E-state index in [1.807, 2.05) is 20.2 Å². The van der Waals surface area contributed by atoms with Crippen molar-refractivity contribution in [2.75, 3.05) is 43.9 Å². The first-order chi connectivity index (χ1) is 11.1. The van der Waals surface area contributed by atoms with Crippen molar-refractivity contribution >= 4 is 17.5 Å². The van der Waals surface area contributed by atoms with Crippen LogP contribution in [0.2, 0.25) is 0 Å². The van der Waals surface area contributed by atoms with Gasteiger partial charge in [-0.2, -0.15) is 0 Å². The number of carbonyl (C=O) groups excluding carboxylic acids is 1. The van der Waals surface area contributed by atoms with Crippen molar-refractivity contribution in [3.8, 4) is 0 Å². The highest BCUT2D eigenvalue weighted by atomic mass is 16.2. The Morgan fingerprint density at radius 3 is 2.74 bits per heavy atom. The largest absolute Gasteiger partial charge is 0.370 e. The number of anilines is 2. The van der Waals surface area contributed by atoms with Crippen LogP contribution in [0.25, 0.3) is 0 Å². The van der Waals surface area contributed by atoms with E-state index in [0.29, 0.717) is 12.3 Å². The average molecular weight is 319 g/mol. The fourth-order valence-electron chi connectivity index (χ4n) is 2.87. The summed E-state index contributed by atoms with van der Waals surface area (Å²) in [7, 11) is 3.65. The van der Waals surface area contributed by atoms with Crippen LogP contribution in [0.1, 0.15) is 39.0 Å². The molecule has 0 atom stereocenters. The molecule has 1 aromatic heterocycles. The first-order valence-electron chi connectivity index (χ1n) is 8.61. The van der Waals surface area contributed by atoms with Gasteiger partial charge < -0.3 is 15.1 Å². The normalized spacial score (nSPS) is 15.5. The number of piperidine rings is 1. The van der Waals surface area contributed by atoms with Crippen molar-refractivity contribution in [1.82, 2.24) is 14.9 Å². The van der Waals surface area contributed by atoms with E-state index in [1.54, 1.807) is 11.2 Å². The Morgan fingerprint density at radius 2 is 2.09 bits per heavy atom. The standard InChI is InChI=1S/C17H29N5O/c1-4-9-18-15-12-16(20-13-19-15)22-10-7-14(8-11-22)5-6-17(23)21(2)3/h12-14H,4-11H2,1-3H3,(H,18,19,20). The molecule has 2 heterocycles. The van der Waals surface area contributed by atoms with Crippen LogP contribution in [0, 0.1) is 5.92 Å². The highest BCUT2D eigenvalue weighted by Gasteiger charge is 2.21. The summed E-state index contributed by atoms with van der Waals surface area (Å²) in [6, 6.07) is 2.03. The maximum atomic E-state index is 11.7. The lowest BCUT2D eigenvalue weighted by Crippen LogP contribution is -2.34. The van der Waals surface area contributed by atoms with E-state index in [-0.39, 0.29) is 5.91 Å². The lowest BCUT2D eigenvalue weighted by atomic mass is 9.92. The Morgan fingerprint density at radius 1 is 1.35 bits per heavy atom. The molecule has 0 unspecified atom stereocenters. The smallest absolute Gasteiger partial charge is 0.222 e. The van der Waals surface area contributed by atoms with Crippen molar-refractivity contribution in [3.05, 3.63) is 12.4 Å². The van der Waals surface area contributed by atoms with Gasteiger partial charge >= 0.3 is 0 Å². The molecule has 0 spiro atoms. The Balaban J connectivity index is 1.81. The van der Waals surface area contributed by atoms with Crippen molar-refractivity contribution in [2.45, 2.75) is 39.0 Å². The monoisotopic (exact) mass is 319 g/mol. The molecule has 1 amide bonds. The molecule has 1 aromatic rings. The van der Waals surface area contributed by atoms with Crippen molar-refractivity contribution < 1.29 is 4.79 Å². The zero-order valence-corrected chi connectivity index (χ0v) is 14.6. The number of rotatable bonds is 7. The average Bonchev–Trinajstić information content (AvgIpc) is 2.58. The van der Waals surface area contributed by atoms with E-state index in [2.05, 4.69) is 27.1 Å². The van der Waals surface area contributed by atoms with Crippen LogP contribution in [-0.4, -0.2) is 54.5 Å². The van der Waals surface area contributed by atoms with E-state index in [4.69, 9.17) is 0 Å². The molecule has 6 heteroatoms. The second kappa shape index (κ2) is 8.70. The van der Waals surface area contributed by atoms with Gasteiger partial charge in [0.25, 0.3) is 0 Å².